The molecule has 1 aliphatic carbocycles. The van der Waals surface area contributed by atoms with Gasteiger partial charge in [0.05, 0.1) is 0 Å². The monoisotopic (exact) mass is 280 g/mol. The van der Waals surface area contributed by atoms with Crippen molar-refractivity contribution in [1.82, 2.24) is 0 Å². The van der Waals surface area contributed by atoms with E-state index in [1.807, 2.05) is 0 Å². The lowest BCUT2D eigenvalue weighted by atomic mass is 10.0. The molecule has 1 aliphatic rings. The van der Waals surface area contributed by atoms with E-state index in [1.165, 1.54) is 50.5 Å². The lowest BCUT2D eigenvalue weighted by molar-refractivity contribution is 0.693. The maximum absolute atomic E-state index is 3.76. The van der Waals surface area contributed by atoms with Crippen molar-refractivity contribution in [3.8, 4) is 0 Å². The topological polar surface area (TPSA) is 0 Å². The fourth-order valence-electron chi connectivity index (χ4n) is 2.56. The Morgan fingerprint density at radius 1 is 1.19 bits per heavy atom. The first-order chi connectivity index (χ1) is 7.79. The average Bonchev–Trinajstić information content (AvgIpc) is 2.74. The molecule has 1 aromatic carbocycles. The van der Waals surface area contributed by atoms with Gasteiger partial charge >= 0.3 is 0 Å². The maximum atomic E-state index is 3.76. The van der Waals surface area contributed by atoms with Gasteiger partial charge in [-0.1, -0.05) is 47.5 Å². The van der Waals surface area contributed by atoms with Crippen molar-refractivity contribution < 1.29 is 0 Å². The normalized spacial score (nSPS) is 16.1. The van der Waals surface area contributed by atoms with Gasteiger partial charge in [-0.3, -0.25) is 0 Å². The predicted octanol–water partition coefficient (Wildman–Crippen LogP) is 4.67. The van der Waals surface area contributed by atoms with Crippen molar-refractivity contribution in [3.63, 3.8) is 0 Å². The molecular weight excluding hydrogens is 260 g/mol. The molecule has 0 bridgehead atoms. The number of alkyl halides is 1. The summed E-state index contributed by atoms with van der Waals surface area (Å²) in [5, 5.41) is 0. The smallest absolute Gasteiger partial charge is 0.0148 e. The molecule has 0 aromatic heterocycles. The fourth-order valence-corrected chi connectivity index (χ4v) is 3.25. The van der Waals surface area contributed by atoms with Crippen molar-refractivity contribution in [3.05, 3.63) is 34.9 Å². The van der Waals surface area contributed by atoms with Crippen LogP contribution in [0.15, 0.2) is 18.2 Å². The minimum Gasteiger partial charge on any atom is -0.0891 e. The van der Waals surface area contributed by atoms with E-state index < -0.39 is 0 Å². The quantitative estimate of drug-likeness (QED) is 0.688. The largest absolute Gasteiger partial charge is 0.0891 e. The lowest BCUT2D eigenvalue weighted by Gasteiger charge is -2.09. The van der Waals surface area contributed by atoms with Gasteiger partial charge in [-0.2, -0.15) is 0 Å². The van der Waals surface area contributed by atoms with Crippen molar-refractivity contribution in [1.29, 1.82) is 0 Å². The zero-order valence-corrected chi connectivity index (χ0v) is 11.7. The minimum atomic E-state index is 0.700. The van der Waals surface area contributed by atoms with E-state index in [4.69, 9.17) is 0 Å². The molecule has 0 N–H and O–H groups in total. The van der Waals surface area contributed by atoms with E-state index in [9.17, 15) is 0 Å². The first-order valence-electron chi connectivity index (χ1n) is 6.54. The summed E-state index contributed by atoms with van der Waals surface area (Å²) in [6, 6.07) is 7.12. The highest BCUT2D eigenvalue weighted by molar-refractivity contribution is 9.09. The summed E-state index contributed by atoms with van der Waals surface area (Å²) in [6.07, 6.45) is 9.03. The number of aryl methyl sites for hydroxylation is 3. The molecule has 0 spiro atoms. The third kappa shape index (κ3) is 3.10. The highest BCUT2D eigenvalue weighted by Gasteiger charge is 2.11. The SMILES string of the molecule is CCCC(Br)CCc1ccc2c(c1)CCC2. The summed E-state index contributed by atoms with van der Waals surface area (Å²) in [4.78, 5) is 0.700. The average molecular weight is 281 g/mol. The van der Waals surface area contributed by atoms with Gasteiger partial charge in [0.25, 0.3) is 0 Å². The van der Waals surface area contributed by atoms with Gasteiger partial charge in [-0.05, 0) is 55.2 Å². The number of rotatable bonds is 5. The molecular formula is C15H21Br. The van der Waals surface area contributed by atoms with Crippen LogP contribution in [0.5, 0.6) is 0 Å². The maximum Gasteiger partial charge on any atom is 0.0148 e. The summed E-state index contributed by atoms with van der Waals surface area (Å²) in [5.74, 6) is 0. The first-order valence-corrected chi connectivity index (χ1v) is 7.46. The third-order valence-corrected chi connectivity index (χ3v) is 4.43. The Hall–Kier alpha value is -0.300. The van der Waals surface area contributed by atoms with Gasteiger partial charge in [0.2, 0.25) is 0 Å². The Kier molecular flexibility index (Phi) is 4.45. The summed E-state index contributed by atoms with van der Waals surface area (Å²) in [6.45, 7) is 2.25. The molecule has 0 fully saturated rings. The Morgan fingerprint density at radius 3 is 2.81 bits per heavy atom. The second kappa shape index (κ2) is 5.86. The van der Waals surface area contributed by atoms with Gasteiger partial charge < -0.3 is 0 Å². The van der Waals surface area contributed by atoms with Crippen LogP contribution in [-0.2, 0) is 19.3 Å². The summed E-state index contributed by atoms with van der Waals surface area (Å²) in [7, 11) is 0. The summed E-state index contributed by atoms with van der Waals surface area (Å²) >= 11 is 3.76. The molecule has 0 amide bonds. The van der Waals surface area contributed by atoms with Crippen molar-refractivity contribution >= 4 is 15.9 Å². The molecule has 0 heterocycles. The van der Waals surface area contributed by atoms with Crippen LogP contribution in [0.1, 0.15) is 49.3 Å². The molecule has 0 saturated heterocycles. The van der Waals surface area contributed by atoms with Crippen LogP contribution in [-0.4, -0.2) is 4.83 Å². The minimum absolute atomic E-state index is 0.700. The molecule has 16 heavy (non-hydrogen) atoms. The van der Waals surface area contributed by atoms with Crippen molar-refractivity contribution in [2.24, 2.45) is 0 Å². The summed E-state index contributed by atoms with van der Waals surface area (Å²) < 4.78 is 0. The Balaban J connectivity index is 1.90. The van der Waals surface area contributed by atoms with Crippen molar-refractivity contribution in [2.75, 3.05) is 0 Å². The second-order valence-corrected chi connectivity index (χ2v) is 6.18. The molecule has 1 aromatic rings. The van der Waals surface area contributed by atoms with Crippen molar-refractivity contribution in [2.45, 2.75) is 56.7 Å². The highest BCUT2D eigenvalue weighted by atomic mass is 79.9. The number of hydrogen-bond acceptors (Lipinski definition) is 0. The Bertz CT molecular complexity index is 343. The molecule has 0 nitrogen and oxygen atoms in total. The highest BCUT2D eigenvalue weighted by Crippen LogP contribution is 2.24. The molecule has 0 radical (unpaired) electrons. The zero-order chi connectivity index (χ0) is 11.4. The first kappa shape index (κ1) is 12.2. The number of benzene rings is 1. The predicted molar refractivity (Wildman–Crippen MR) is 74.4 cm³/mol. The number of hydrogen-bond donors (Lipinski definition) is 0. The van der Waals surface area contributed by atoms with Crippen LogP contribution >= 0.6 is 15.9 Å². The van der Waals surface area contributed by atoms with E-state index >= 15 is 0 Å². The fraction of sp³-hybridized carbons (Fsp3) is 0.600. The zero-order valence-electron chi connectivity index (χ0n) is 10.1. The second-order valence-electron chi connectivity index (χ2n) is 4.88. The number of fused-ring (bicyclic) bond motifs is 1. The van der Waals surface area contributed by atoms with Gasteiger partial charge in [0.15, 0.2) is 0 Å². The Morgan fingerprint density at radius 2 is 2.00 bits per heavy atom. The van der Waals surface area contributed by atoms with Crippen LogP contribution in [0.25, 0.3) is 0 Å². The van der Waals surface area contributed by atoms with Crippen LogP contribution < -0.4 is 0 Å². The van der Waals surface area contributed by atoms with Crippen LogP contribution in [0.2, 0.25) is 0 Å². The molecule has 1 atom stereocenters. The van der Waals surface area contributed by atoms with Crippen LogP contribution in [0, 0.1) is 0 Å². The molecule has 2 rings (SSSR count). The third-order valence-electron chi connectivity index (χ3n) is 3.51. The van der Waals surface area contributed by atoms with Gasteiger partial charge in [0.1, 0.15) is 0 Å². The van der Waals surface area contributed by atoms with E-state index in [1.54, 1.807) is 11.1 Å². The standard InChI is InChI=1S/C15H21Br/c1-2-4-15(16)10-8-12-7-9-13-5-3-6-14(13)11-12/h7,9,11,15H,2-6,8,10H2,1H3. The van der Waals surface area contributed by atoms with E-state index in [0.29, 0.717) is 4.83 Å². The van der Waals surface area contributed by atoms with Gasteiger partial charge in [0, 0.05) is 4.83 Å². The molecule has 0 aliphatic heterocycles. The van der Waals surface area contributed by atoms with Crippen LogP contribution in [0.4, 0.5) is 0 Å². The van der Waals surface area contributed by atoms with Crippen LogP contribution in [0.3, 0.4) is 0 Å². The summed E-state index contributed by atoms with van der Waals surface area (Å²) in [5.41, 5.74) is 4.73. The van der Waals surface area contributed by atoms with Gasteiger partial charge in [-0.15, -0.1) is 0 Å². The van der Waals surface area contributed by atoms with E-state index in [-0.39, 0.29) is 0 Å². The molecule has 1 unspecified atom stereocenters. The Labute approximate surface area is 108 Å². The molecule has 0 saturated carbocycles. The lowest BCUT2D eigenvalue weighted by Crippen LogP contribution is -2.00. The van der Waals surface area contributed by atoms with Gasteiger partial charge in [-0.25, -0.2) is 0 Å². The molecule has 1 heteroatoms. The molecule has 88 valence electrons. The van der Waals surface area contributed by atoms with E-state index in [2.05, 4.69) is 41.1 Å². The number of halogens is 1. The van der Waals surface area contributed by atoms with E-state index in [0.717, 1.165) is 0 Å².